The Labute approximate surface area is 187 Å². The molecule has 6 heteroatoms. The van der Waals surface area contributed by atoms with E-state index < -0.39 is 0 Å². The van der Waals surface area contributed by atoms with Gasteiger partial charge in [-0.25, -0.2) is 4.98 Å². The molecule has 0 radical (unpaired) electrons. The second kappa shape index (κ2) is 13.6. The minimum atomic E-state index is 0. The Morgan fingerprint density at radius 2 is 1.75 bits per heavy atom. The second-order valence-electron chi connectivity index (χ2n) is 7.30. The summed E-state index contributed by atoms with van der Waals surface area (Å²) in [5.41, 5.74) is 2.81. The van der Waals surface area contributed by atoms with Crippen molar-refractivity contribution in [2.24, 2.45) is 4.99 Å². The molecule has 0 aliphatic rings. The van der Waals surface area contributed by atoms with Crippen LogP contribution in [0.15, 0.2) is 41.7 Å². The Kier molecular flexibility index (Phi) is 11.9. The van der Waals surface area contributed by atoms with Crippen LogP contribution in [-0.2, 0) is 13.0 Å². The zero-order valence-corrected chi connectivity index (χ0v) is 20.1. The molecular formula is C22H36IN5. The van der Waals surface area contributed by atoms with Crippen molar-refractivity contribution in [2.45, 2.75) is 58.9 Å². The smallest absolute Gasteiger partial charge is 0.190 e. The Hall–Kier alpha value is -1.57. The third kappa shape index (κ3) is 8.63. The first-order valence-corrected chi connectivity index (χ1v) is 10.1. The van der Waals surface area contributed by atoms with Crippen LogP contribution in [0.2, 0.25) is 0 Å². The van der Waals surface area contributed by atoms with Gasteiger partial charge in [0.15, 0.2) is 5.96 Å². The highest BCUT2D eigenvalue weighted by Crippen LogP contribution is 2.15. The lowest BCUT2D eigenvalue weighted by Crippen LogP contribution is -2.38. The largest absolute Gasteiger partial charge is 0.356 e. The number of benzene rings is 1. The molecular weight excluding hydrogens is 461 g/mol. The quantitative estimate of drug-likeness (QED) is 0.220. The summed E-state index contributed by atoms with van der Waals surface area (Å²) in [4.78, 5) is 8.56. The Balaban J connectivity index is 0.00000392. The maximum atomic E-state index is 4.30. The number of nitrogens with zero attached hydrogens (tertiary/aromatic N) is 3. The summed E-state index contributed by atoms with van der Waals surface area (Å²) >= 11 is 0. The summed E-state index contributed by atoms with van der Waals surface area (Å²) in [5, 5.41) is 6.80. The second-order valence-corrected chi connectivity index (χ2v) is 7.30. The lowest BCUT2D eigenvalue weighted by Gasteiger charge is -2.12. The molecule has 0 aliphatic carbocycles. The van der Waals surface area contributed by atoms with E-state index in [0.717, 1.165) is 57.1 Å². The molecule has 0 aliphatic heterocycles. The fourth-order valence-electron chi connectivity index (χ4n) is 3.04. The van der Waals surface area contributed by atoms with E-state index >= 15 is 0 Å². The van der Waals surface area contributed by atoms with Crippen LogP contribution in [0.5, 0.6) is 0 Å². The highest BCUT2D eigenvalue weighted by Gasteiger charge is 2.01. The first-order chi connectivity index (χ1) is 13.1. The molecule has 156 valence electrons. The zero-order valence-electron chi connectivity index (χ0n) is 17.7. The molecule has 1 aromatic carbocycles. The lowest BCUT2D eigenvalue weighted by molar-refractivity contribution is 0.588. The van der Waals surface area contributed by atoms with Gasteiger partial charge in [-0.1, -0.05) is 38.1 Å². The SMILES string of the molecule is CN=C(NCCCCn1ccnc1C)NCCCc1ccc(C(C)C)cc1.I. The van der Waals surface area contributed by atoms with Gasteiger partial charge in [0.25, 0.3) is 0 Å². The number of halogens is 1. The van der Waals surface area contributed by atoms with Crippen molar-refractivity contribution < 1.29 is 0 Å². The van der Waals surface area contributed by atoms with Crippen molar-refractivity contribution in [1.82, 2.24) is 20.2 Å². The summed E-state index contributed by atoms with van der Waals surface area (Å²) in [5.74, 6) is 2.57. The predicted octanol–water partition coefficient (Wildman–Crippen LogP) is 4.51. The number of aliphatic imine (C=N–C) groups is 1. The molecule has 0 amide bonds. The van der Waals surface area contributed by atoms with E-state index in [1.54, 1.807) is 0 Å². The van der Waals surface area contributed by atoms with Gasteiger partial charge in [-0.3, -0.25) is 4.99 Å². The third-order valence-electron chi connectivity index (χ3n) is 4.85. The number of nitrogens with one attached hydrogen (secondary N) is 2. The highest BCUT2D eigenvalue weighted by molar-refractivity contribution is 14.0. The summed E-state index contributed by atoms with van der Waals surface area (Å²) in [6.07, 6.45) is 8.33. The summed E-state index contributed by atoms with van der Waals surface area (Å²) in [6, 6.07) is 9.01. The minimum absolute atomic E-state index is 0. The predicted molar refractivity (Wildman–Crippen MR) is 130 cm³/mol. The number of hydrogen-bond acceptors (Lipinski definition) is 2. The molecule has 0 unspecified atom stereocenters. The molecule has 0 fully saturated rings. The maximum Gasteiger partial charge on any atom is 0.190 e. The Morgan fingerprint density at radius 1 is 1.07 bits per heavy atom. The molecule has 0 atom stereocenters. The molecule has 1 aromatic heterocycles. The Morgan fingerprint density at radius 3 is 2.32 bits per heavy atom. The van der Waals surface area contributed by atoms with Crippen molar-refractivity contribution in [1.29, 1.82) is 0 Å². The van der Waals surface area contributed by atoms with Crippen LogP contribution >= 0.6 is 24.0 Å². The lowest BCUT2D eigenvalue weighted by atomic mass is 10.0. The highest BCUT2D eigenvalue weighted by atomic mass is 127. The fourth-order valence-corrected chi connectivity index (χ4v) is 3.04. The average molecular weight is 497 g/mol. The van der Waals surface area contributed by atoms with E-state index in [-0.39, 0.29) is 24.0 Å². The molecule has 2 rings (SSSR count). The number of hydrogen-bond donors (Lipinski definition) is 2. The van der Waals surface area contributed by atoms with Crippen molar-refractivity contribution in [3.05, 3.63) is 53.6 Å². The monoisotopic (exact) mass is 497 g/mol. The van der Waals surface area contributed by atoms with E-state index in [2.05, 4.69) is 63.3 Å². The molecule has 0 spiro atoms. The van der Waals surface area contributed by atoms with Gasteiger partial charge >= 0.3 is 0 Å². The number of rotatable bonds is 10. The van der Waals surface area contributed by atoms with E-state index in [9.17, 15) is 0 Å². The molecule has 2 aromatic rings. The fraction of sp³-hybridized carbons (Fsp3) is 0.545. The van der Waals surface area contributed by atoms with Crippen molar-refractivity contribution in [3.63, 3.8) is 0 Å². The van der Waals surface area contributed by atoms with Crippen LogP contribution in [0.1, 0.15) is 56.0 Å². The number of unbranched alkanes of at least 4 members (excludes halogenated alkanes) is 1. The molecule has 0 saturated heterocycles. The molecule has 0 bridgehead atoms. The van der Waals surface area contributed by atoms with Crippen LogP contribution in [0.25, 0.3) is 0 Å². The molecule has 5 nitrogen and oxygen atoms in total. The van der Waals surface area contributed by atoms with E-state index in [4.69, 9.17) is 0 Å². The van der Waals surface area contributed by atoms with E-state index in [1.165, 1.54) is 11.1 Å². The van der Waals surface area contributed by atoms with Crippen molar-refractivity contribution in [2.75, 3.05) is 20.1 Å². The number of imidazole rings is 1. The molecule has 1 heterocycles. The van der Waals surface area contributed by atoms with Gasteiger partial charge in [0.2, 0.25) is 0 Å². The molecule has 2 N–H and O–H groups in total. The van der Waals surface area contributed by atoms with Gasteiger partial charge < -0.3 is 15.2 Å². The van der Waals surface area contributed by atoms with Crippen LogP contribution in [0.4, 0.5) is 0 Å². The van der Waals surface area contributed by atoms with Gasteiger partial charge in [0, 0.05) is 39.1 Å². The standard InChI is InChI=1S/C22H35N5.HI/c1-18(2)21-11-9-20(10-12-21)8-7-14-26-22(23-4)25-13-5-6-16-27-17-15-24-19(27)3;/h9-12,15,17-18H,5-8,13-14,16H2,1-4H3,(H2,23,25,26);1H. The van der Waals surface area contributed by atoms with Gasteiger partial charge in [-0.2, -0.15) is 0 Å². The number of aryl methyl sites for hydroxylation is 3. The van der Waals surface area contributed by atoms with Gasteiger partial charge in [-0.05, 0) is 49.7 Å². The summed E-state index contributed by atoms with van der Waals surface area (Å²) in [6.45, 7) is 9.40. The van der Waals surface area contributed by atoms with E-state index in [0.29, 0.717) is 5.92 Å². The summed E-state index contributed by atoms with van der Waals surface area (Å²) < 4.78 is 2.20. The van der Waals surface area contributed by atoms with E-state index in [1.807, 2.05) is 26.4 Å². The van der Waals surface area contributed by atoms with Gasteiger partial charge in [-0.15, -0.1) is 24.0 Å². The van der Waals surface area contributed by atoms with Crippen LogP contribution in [0.3, 0.4) is 0 Å². The first-order valence-electron chi connectivity index (χ1n) is 10.1. The average Bonchev–Trinajstić information content (AvgIpc) is 3.08. The Bertz CT molecular complexity index is 691. The van der Waals surface area contributed by atoms with Gasteiger partial charge in [0.1, 0.15) is 5.82 Å². The normalized spacial score (nSPS) is 11.4. The molecule has 28 heavy (non-hydrogen) atoms. The summed E-state index contributed by atoms with van der Waals surface area (Å²) in [7, 11) is 1.83. The van der Waals surface area contributed by atoms with Crippen molar-refractivity contribution >= 4 is 29.9 Å². The topological polar surface area (TPSA) is 54.2 Å². The van der Waals surface area contributed by atoms with Gasteiger partial charge in [0.05, 0.1) is 0 Å². The first kappa shape index (κ1) is 24.5. The van der Waals surface area contributed by atoms with Crippen molar-refractivity contribution in [3.8, 4) is 0 Å². The number of aromatic nitrogens is 2. The maximum absolute atomic E-state index is 4.30. The zero-order chi connectivity index (χ0) is 19.5. The van der Waals surface area contributed by atoms with Crippen LogP contribution in [0, 0.1) is 6.92 Å². The minimum Gasteiger partial charge on any atom is -0.356 e. The number of guanidine groups is 1. The molecule has 0 saturated carbocycles. The van der Waals surface area contributed by atoms with Crippen LogP contribution in [-0.4, -0.2) is 35.6 Å². The van der Waals surface area contributed by atoms with Crippen LogP contribution < -0.4 is 10.6 Å². The third-order valence-corrected chi connectivity index (χ3v) is 4.85.